The molecule has 1 unspecified atom stereocenters. The molecule has 0 amide bonds. The summed E-state index contributed by atoms with van der Waals surface area (Å²) >= 11 is 0. The number of rotatable bonds is 15. The van der Waals surface area contributed by atoms with Crippen molar-refractivity contribution in [2.24, 2.45) is 0 Å². The van der Waals surface area contributed by atoms with E-state index in [0.717, 1.165) is 16.7 Å². The van der Waals surface area contributed by atoms with Gasteiger partial charge in [-0.05, 0) is 16.7 Å². The first-order chi connectivity index (χ1) is 21.4. The van der Waals surface area contributed by atoms with Gasteiger partial charge >= 0.3 is 0 Å². The number of hydrogen-bond donors (Lipinski definition) is 5. The van der Waals surface area contributed by atoms with Crippen molar-refractivity contribution in [1.29, 1.82) is 0 Å². The first kappa shape index (κ1) is 32.6. The van der Waals surface area contributed by atoms with Crippen molar-refractivity contribution < 1.29 is 54.0 Å². The molecule has 0 saturated carbocycles. The SMILES string of the molecule is OC[C@@H](O)[C@@H]1O[C@@H](OCC(OCc2ccccc2)[C@@H]2O[C@@H](O)[C@H](OCc3ccccc3)[C@H]2OCc2ccccc2)[C@H](O)[C@H]1O. The normalized spacial score (nSPS) is 29.9. The minimum Gasteiger partial charge on any atom is -0.394 e. The van der Waals surface area contributed by atoms with Gasteiger partial charge in [0.25, 0.3) is 0 Å². The zero-order valence-corrected chi connectivity index (χ0v) is 24.2. The molecule has 11 heteroatoms. The molecule has 2 heterocycles. The summed E-state index contributed by atoms with van der Waals surface area (Å²) in [4.78, 5) is 0. The summed E-state index contributed by atoms with van der Waals surface area (Å²) in [5.41, 5.74) is 2.71. The molecule has 0 bridgehead atoms. The average molecular weight is 613 g/mol. The molecule has 2 aliphatic rings. The van der Waals surface area contributed by atoms with Gasteiger partial charge in [0.2, 0.25) is 0 Å². The second-order valence-corrected chi connectivity index (χ2v) is 10.9. The van der Waals surface area contributed by atoms with Crippen molar-refractivity contribution in [3.63, 3.8) is 0 Å². The number of hydrogen-bond acceptors (Lipinski definition) is 11. The molecule has 5 rings (SSSR count). The summed E-state index contributed by atoms with van der Waals surface area (Å²) in [6.07, 6.45) is -11.7. The fourth-order valence-electron chi connectivity index (χ4n) is 5.30. The Morgan fingerprint density at radius 1 is 0.614 bits per heavy atom. The lowest BCUT2D eigenvalue weighted by atomic mass is 10.0. The van der Waals surface area contributed by atoms with Crippen LogP contribution in [0.2, 0.25) is 0 Å². The molecule has 0 spiro atoms. The summed E-state index contributed by atoms with van der Waals surface area (Å²) in [6, 6.07) is 28.6. The van der Waals surface area contributed by atoms with E-state index in [1.54, 1.807) is 0 Å². The predicted octanol–water partition coefficient (Wildman–Crippen LogP) is 1.28. The monoisotopic (exact) mass is 612 g/mol. The number of aliphatic hydroxyl groups is 5. The van der Waals surface area contributed by atoms with Gasteiger partial charge in [0.15, 0.2) is 12.6 Å². The molecular formula is C33H40O11. The topological polar surface area (TPSA) is 157 Å². The van der Waals surface area contributed by atoms with Crippen molar-refractivity contribution in [3.05, 3.63) is 108 Å². The van der Waals surface area contributed by atoms with Crippen molar-refractivity contribution >= 4 is 0 Å². The maximum Gasteiger partial charge on any atom is 0.186 e. The molecule has 238 valence electrons. The maximum absolute atomic E-state index is 11.0. The van der Waals surface area contributed by atoms with Crippen LogP contribution in [0.4, 0.5) is 0 Å². The van der Waals surface area contributed by atoms with Crippen LogP contribution in [0.25, 0.3) is 0 Å². The smallest absolute Gasteiger partial charge is 0.186 e. The standard InChI is InChI=1S/C33H40O11/c34-16-24(35)28-26(36)27(37)33(44-28)42-20-25(39-17-21-10-4-1-5-11-21)29-30(40-18-22-12-6-2-7-13-22)31(32(38)43-29)41-19-23-14-8-3-9-15-23/h1-15,24-38H,16-20H2/t24-,25?,26-,27-,28+,29+,30+,31-,32-,33-/m1/s1. The summed E-state index contributed by atoms with van der Waals surface area (Å²) in [5, 5.41) is 51.2. The molecule has 5 N–H and O–H groups in total. The zero-order chi connectivity index (χ0) is 30.9. The van der Waals surface area contributed by atoms with Crippen molar-refractivity contribution in [2.75, 3.05) is 13.2 Å². The molecule has 0 aromatic heterocycles. The second kappa shape index (κ2) is 16.0. The Kier molecular flexibility index (Phi) is 11.8. The Morgan fingerprint density at radius 3 is 1.68 bits per heavy atom. The van der Waals surface area contributed by atoms with Crippen LogP contribution in [0.5, 0.6) is 0 Å². The summed E-state index contributed by atoms with van der Waals surface area (Å²) in [7, 11) is 0. The lowest BCUT2D eigenvalue weighted by Crippen LogP contribution is -2.46. The Labute approximate surface area is 256 Å². The molecule has 3 aromatic carbocycles. The molecule has 44 heavy (non-hydrogen) atoms. The second-order valence-electron chi connectivity index (χ2n) is 10.9. The molecule has 11 nitrogen and oxygen atoms in total. The van der Waals surface area contributed by atoms with Crippen LogP contribution in [-0.2, 0) is 48.2 Å². The van der Waals surface area contributed by atoms with E-state index in [0.29, 0.717) is 0 Å². The van der Waals surface area contributed by atoms with Gasteiger partial charge in [-0.3, -0.25) is 0 Å². The van der Waals surface area contributed by atoms with Gasteiger partial charge < -0.3 is 54.0 Å². The lowest BCUT2D eigenvalue weighted by molar-refractivity contribution is -0.216. The summed E-state index contributed by atoms with van der Waals surface area (Å²) in [6.45, 7) is -0.258. The van der Waals surface area contributed by atoms with Gasteiger partial charge in [-0.2, -0.15) is 0 Å². The third-order valence-corrected chi connectivity index (χ3v) is 7.72. The molecule has 2 fully saturated rings. The van der Waals surface area contributed by atoms with Gasteiger partial charge in [0.1, 0.15) is 48.8 Å². The van der Waals surface area contributed by atoms with Gasteiger partial charge in [0.05, 0.1) is 33.0 Å². The molecule has 10 atom stereocenters. The molecule has 2 aliphatic heterocycles. The van der Waals surface area contributed by atoms with E-state index < -0.39 is 68.0 Å². The van der Waals surface area contributed by atoms with Gasteiger partial charge in [-0.25, -0.2) is 0 Å². The Morgan fingerprint density at radius 2 is 1.14 bits per heavy atom. The Bertz CT molecular complexity index is 1230. The van der Waals surface area contributed by atoms with E-state index in [2.05, 4.69) is 0 Å². The molecule has 0 radical (unpaired) electrons. The fourth-order valence-corrected chi connectivity index (χ4v) is 5.30. The highest BCUT2D eigenvalue weighted by atomic mass is 16.7. The zero-order valence-electron chi connectivity index (χ0n) is 24.2. The highest BCUT2D eigenvalue weighted by Crippen LogP contribution is 2.32. The van der Waals surface area contributed by atoms with Crippen LogP contribution < -0.4 is 0 Å². The van der Waals surface area contributed by atoms with Crippen molar-refractivity contribution in [2.45, 2.75) is 81.2 Å². The number of benzene rings is 3. The average Bonchev–Trinajstić information content (AvgIpc) is 3.53. The minimum absolute atomic E-state index is 0.175. The van der Waals surface area contributed by atoms with Crippen molar-refractivity contribution in [3.8, 4) is 0 Å². The minimum atomic E-state index is -1.49. The van der Waals surface area contributed by atoms with Gasteiger partial charge in [-0.1, -0.05) is 91.0 Å². The predicted molar refractivity (Wildman–Crippen MR) is 156 cm³/mol. The Hall–Kier alpha value is -2.78. The van der Waals surface area contributed by atoms with Crippen LogP contribution in [0.1, 0.15) is 16.7 Å². The van der Waals surface area contributed by atoms with Gasteiger partial charge in [0, 0.05) is 0 Å². The van der Waals surface area contributed by atoms with E-state index in [9.17, 15) is 25.5 Å². The highest BCUT2D eigenvalue weighted by molar-refractivity contribution is 5.15. The van der Waals surface area contributed by atoms with E-state index in [4.69, 9.17) is 28.4 Å². The van der Waals surface area contributed by atoms with Crippen LogP contribution >= 0.6 is 0 Å². The molecule has 3 aromatic rings. The largest absolute Gasteiger partial charge is 0.394 e. The third kappa shape index (κ3) is 8.27. The molecule has 0 aliphatic carbocycles. The van der Waals surface area contributed by atoms with Crippen LogP contribution in [0.15, 0.2) is 91.0 Å². The summed E-state index contributed by atoms with van der Waals surface area (Å²) < 4.78 is 36.2. The number of aliphatic hydroxyl groups excluding tert-OH is 5. The van der Waals surface area contributed by atoms with Gasteiger partial charge in [-0.15, -0.1) is 0 Å². The summed E-state index contributed by atoms with van der Waals surface area (Å²) in [5.74, 6) is 0. The lowest BCUT2D eigenvalue weighted by Gasteiger charge is -2.30. The van der Waals surface area contributed by atoms with E-state index in [1.165, 1.54) is 0 Å². The highest BCUT2D eigenvalue weighted by Gasteiger charge is 2.51. The number of ether oxygens (including phenoxy) is 6. The van der Waals surface area contributed by atoms with Crippen LogP contribution in [-0.4, -0.2) is 100 Å². The van der Waals surface area contributed by atoms with E-state index in [-0.39, 0.29) is 26.4 Å². The van der Waals surface area contributed by atoms with Crippen LogP contribution in [0.3, 0.4) is 0 Å². The van der Waals surface area contributed by atoms with Crippen LogP contribution in [0, 0.1) is 0 Å². The van der Waals surface area contributed by atoms with Crippen molar-refractivity contribution in [1.82, 2.24) is 0 Å². The first-order valence-corrected chi connectivity index (χ1v) is 14.7. The molecular weight excluding hydrogens is 572 g/mol. The Balaban J connectivity index is 1.35. The quantitative estimate of drug-likeness (QED) is 0.169. The third-order valence-electron chi connectivity index (χ3n) is 7.72. The molecule has 2 saturated heterocycles. The fraction of sp³-hybridized carbons (Fsp3) is 0.455. The van der Waals surface area contributed by atoms with E-state index in [1.807, 2.05) is 91.0 Å². The van der Waals surface area contributed by atoms with E-state index >= 15 is 0 Å². The first-order valence-electron chi connectivity index (χ1n) is 14.7. The maximum atomic E-state index is 11.0.